The van der Waals surface area contributed by atoms with Crippen molar-refractivity contribution in [3.05, 3.63) is 35.4 Å². The van der Waals surface area contributed by atoms with E-state index >= 15 is 0 Å². The van der Waals surface area contributed by atoms with Gasteiger partial charge >= 0.3 is 0 Å². The maximum Gasteiger partial charge on any atom is 0.129 e. The second-order valence-corrected chi connectivity index (χ2v) is 5.41. The minimum Gasteiger partial charge on any atom is -0.317 e. The normalized spacial score (nSPS) is 18.5. The van der Waals surface area contributed by atoms with Crippen LogP contribution in [0.2, 0.25) is 0 Å². The lowest BCUT2D eigenvalue weighted by Crippen LogP contribution is -2.37. The zero-order valence-electron chi connectivity index (χ0n) is 11.4. The third-order valence-corrected chi connectivity index (χ3v) is 3.79. The van der Waals surface area contributed by atoms with Crippen molar-refractivity contribution in [2.45, 2.75) is 32.2 Å². The summed E-state index contributed by atoms with van der Waals surface area (Å²) in [7, 11) is 0. The maximum absolute atomic E-state index is 13.5. The molecule has 1 unspecified atom stereocenters. The van der Waals surface area contributed by atoms with Crippen molar-refractivity contribution in [1.29, 1.82) is 0 Å². The molecule has 1 aromatic rings. The molecule has 0 amide bonds. The van der Waals surface area contributed by atoms with Gasteiger partial charge in [0.15, 0.2) is 0 Å². The van der Waals surface area contributed by atoms with Crippen molar-refractivity contribution >= 4 is 0 Å². The zero-order chi connectivity index (χ0) is 13.7. The Morgan fingerprint density at radius 1 is 1.26 bits per heavy atom. The molecule has 0 bridgehead atoms. The maximum atomic E-state index is 13.5. The van der Waals surface area contributed by atoms with Crippen LogP contribution >= 0.6 is 0 Å². The van der Waals surface area contributed by atoms with Crippen molar-refractivity contribution in [3.8, 4) is 0 Å². The first-order chi connectivity index (χ1) is 9.16. The average Bonchev–Trinajstić information content (AvgIpc) is 2.42. The van der Waals surface area contributed by atoms with Crippen molar-refractivity contribution in [2.75, 3.05) is 19.6 Å². The first kappa shape index (κ1) is 14.4. The third kappa shape index (κ3) is 4.25. The first-order valence-electron chi connectivity index (χ1n) is 7.04. The largest absolute Gasteiger partial charge is 0.317 e. The molecular formula is C15H22F2N2. The average molecular weight is 268 g/mol. The second kappa shape index (κ2) is 6.96. The fourth-order valence-electron chi connectivity index (χ4n) is 2.56. The molecule has 0 saturated carbocycles. The Hall–Kier alpha value is -1.00. The van der Waals surface area contributed by atoms with E-state index in [9.17, 15) is 8.78 Å². The molecule has 1 heterocycles. The molecule has 2 rings (SSSR count). The van der Waals surface area contributed by atoms with Gasteiger partial charge in [-0.05, 0) is 63.9 Å². The molecule has 1 aliphatic heterocycles. The van der Waals surface area contributed by atoms with Crippen molar-refractivity contribution in [3.63, 3.8) is 0 Å². The van der Waals surface area contributed by atoms with E-state index in [1.54, 1.807) is 0 Å². The summed E-state index contributed by atoms with van der Waals surface area (Å²) < 4.78 is 27.1. The molecule has 0 aromatic heterocycles. The van der Waals surface area contributed by atoms with Gasteiger partial charge in [0.1, 0.15) is 11.6 Å². The smallest absolute Gasteiger partial charge is 0.129 e. The number of hydrogen-bond donors (Lipinski definition) is 2. The Balaban J connectivity index is 1.82. The van der Waals surface area contributed by atoms with Gasteiger partial charge in [-0.2, -0.15) is 0 Å². The van der Waals surface area contributed by atoms with Crippen LogP contribution in [0.15, 0.2) is 18.2 Å². The molecule has 19 heavy (non-hydrogen) atoms. The summed E-state index contributed by atoms with van der Waals surface area (Å²) in [6.45, 7) is 5.05. The van der Waals surface area contributed by atoms with Crippen LogP contribution in [0.1, 0.15) is 25.3 Å². The van der Waals surface area contributed by atoms with Gasteiger partial charge < -0.3 is 10.6 Å². The van der Waals surface area contributed by atoms with Gasteiger partial charge in [0, 0.05) is 11.6 Å². The number of benzene rings is 1. The first-order valence-corrected chi connectivity index (χ1v) is 7.04. The molecule has 106 valence electrons. The van der Waals surface area contributed by atoms with Crippen LogP contribution in [0.5, 0.6) is 0 Å². The van der Waals surface area contributed by atoms with E-state index < -0.39 is 11.6 Å². The summed E-state index contributed by atoms with van der Waals surface area (Å²) in [6, 6.07) is 4.12. The van der Waals surface area contributed by atoms with Crippen LogP contribution in [0.25, 0.3) is 0 Å². The predicted octanol–water partition coefficient (Wildman–Crippen LogP) is 2.49. The predicted molar refractivity (Wildman–Crippen MR) is 73.1 cm³/mol. The van der Waals surface area contributed by atoms with Crippen LogP contribution in [0.3, 0.4) is 0 Å². The van der Waals surface area contributed by atoms with Gasteiger partial charge in [-0.1, -0.05) is 6.07 Å². The standard InChI is InChI=1S/C15H22F2N2/c1-11(19-10-12-5-7-18-8-6-12)9-13-14(16)3-2-4-15(13)17/h2-4,11-12,18-19H,5-10H2,1H3. The molecule has 1 atom stereocenters. The molecule has 0 spiro atoms. The highest BCUT2D eigenvalue weighted by Gasteiger charge is 2.16. The van der Waals surface area contributed by atoms with Gasteiger partial charge in [-0.15, -0.1) is 0 Å². The fourth-order valence-corrected chi connectivity index (χ4v) is 2.56. The molecule has 2 N–H and O–H groups in total. The van der Waals surface area contributed by atoms with E-state index in [4.69, 9.17) is 0 Å². The summed E-state index contributed by atoms with van der Waals surface area (Å²) in [5.74, 6) is -0.222. The lowest BCUT2D eigenvalue weighted by Gasteiger charge is -2.25. The van der Waals surface area contributed by atoms with Crippen molar-refractivity contribution in [1.82, 2.24) is 10.6 Å². The van der Waals surface area contributed by atoms with Gasteiger partial charge in [-0.25, -0.2) is 8.78 Å². The van der Waals surface area contributed by atoms with E-state index in [2.05, 4.69) is 10.6 Å². The fraction of sp³-hybridized carbons (Fsp3) is 0.600. The summed E-state index contributed by atoms with van der Waals surface area (Å²) in [5.41, 5.74) is 0.188. The van der Waals surface area contributed by atoms with E-state index in [1.807, 2.05) is 6.92 Å². The Labute approximate surface area is 113 Å². The topological polar surface area (TPSA) is 24.1 Å². The number of nitrogens with one attached hydrogen (secondary N) is 2. The number of halogens is 2. The Kier molecular flexibility index (Phi) is 5.28. The highest BCUT2D eigenvalue weighted by atomic mass is 19.1. The molecular weight excluding hydrogens is 246 g/mol. The van der Waals surface area contributed by atoms with Crippen LogP contribution in [0.4, 0.5) is 8.78 Å². The second-order valence-electron chi connectivity index (χ2n) is 5.41. The quantitative estimate of drug-likeness (QED) is 0.857. The van der Waals surface area contributed by atoms with E-state index in [0.717, 1.165) is 19.6 Å². The zero-order valence-corrected chi connectivity index (χ0v) is 11.4. The molecule has 0 aliphatic carbocycles. The molecule has 1 aliphatic rings. The number of piperidine rings is 1. The minimum atomic E-state index is -0.449. The molecule has 0 radical (unpaired) electrons. The van der Waals surface area contributed by atoms with E-state index in [0.29, 0.717) is 12.3 Å². The summed E-state index contributed by atoms with van der Waals surface area (Å²) >= 11 is 0. The van der Waals surface area contributed by atoms with Gasteiger partial charge in [-0.3, -0.25) is 0 Å². The lowest BCUT2D eigenvalue weighted by molar-refractivity contribution is 0.341. The van der Waals surface area contributed by atoms with Crippen LogP contribution in [-0.4, -0.2) is 25.7 Å². The number of rotatable bonds is 5. The SMILES string of the molecule is CC(Cc1c(F)cccc1F)NCC1CCNCC1. The molecule has 1 saturated heterocycles. The summed E-state index contributed by atoms with van der Waals surface area (Å²) in [6.07, 6.45) is 2.74. The van der Waals surface area contributed by atoms with Gasteiger partial charge in [0.05, 0.1) is 0 Å². The van der Waals surface area contributed by atoms with Crippen LogP contribution < -0.4 is 10.6 Å². The number of hydrogen-bond acceptors (Lipinski definition) is 2. The Morgan fingerprint density at radius 3 is 2.53 bits per heavy atom. The lowest BCUT2D eigenvalue weighted by atomic mass is 9.97. The van der Waals surface area contributed by atoms with Gasteiger partial charge in [0.25, 0.3) is 0 Å². The summed E-state index contributed by atoms with van der Waals surface area (Å²) in [5, 5.41) is 6.72. The third-order valence-electron chi connectivity index (χ3n) is 3.79. The molecule has 1 fully saturated rings. The minimum absolute atomic E-state index is 0.0845. The van der Waals surface area contributed by atoms with E-state index in [1.165, 1.54) is 31.0 Å². The molecule has 4 heteroatoms. The monoisotopic (exact) mass is 268 g/mol. The van der Waals surface area contributed by atoms with Gasteiger partial charge in [0.2, 0.25) is 0 Å². The van der Waals surface area contributed by atoms with E-state index in [-0.39, 0.29) is 11.6 Å². The Morgan fingerprint density at radius 2 is 1.89 bits per heavy atom. The van der Waals surface area contributed by atoms with Crippen molar-refractivity contribution in [2.24, 2.45) is 5.92 Å². The molecule has 2 nitrogen and oxygen atoms in total. The highest BCUT2D eigenvalue weighted by molar-refractivity contribution is 5.20. The Bertz CT molecular complexity index is 383. The van der Waals surface area contributed by atoms with Crippen LogP contribution in [-0.2, 0) is 6.42 Å². The molecule has 1 aromatic carbocycles. The van der Waals surface area contributed by atoms with Crippen LogP contribution in [0, 0.1) is 17.6 Å². The summed E-state index contributed by atoms with van der Waals surface area (Å²) in [4.78, 5) is 0. The van der Waals surface area contributed by atoms with Crippen molar-refractivity contribution < 1.29 is 8.78 Å². The highest BCUT2D eigenvalue weighted by Crippen LogP contribution is 2.15.